The predicted octanol–water partition coefficient (Wildman–Crippen LogP) is 2.97. The zero-order chi connectivity index (χ0) is 14.2. The summed E-state index contributed by atoms with van der Waals surface area (Å²) >= 11 is 1.54. The van der Waals surface area contributed by atoms with Crippen LogP contribution in [0.2, 0.25) is 0 Å². The van der Waals surface area contributed by atoms with Gasteiger partial charge in [0, 0.05) is 30.4 Å². The molecule has 0 atom stereocenters. The van der Waals surface area contributed by atoms with Crippen molar-refractivity contribution >= 4 is 17.2 Å². The lowest BCUT2D eigenvalue weighted by molar-refractivity contribution is 0.0678. The summed E-state index contributed by atoms with van der Waals surface area (Å²) in [6.07, 6.45) is 3.75. The number of aryl methyl sites for hydroxylation is 1. The number of rotatable bonds is 2. The first-order chi connectivity index (χ1) is 9.58. The molecule has 106 valence electrons. The van der Waals surface area contributed by atoms with E-state index in [1.807, 2.05) is 29.3 Å². The number of aromatic amines is 1. The fourth-order valence-electron chi connectivity index (χ4n) is 2.76. The highest BCUT2D eigenvalue weighted by atomic mass is 32.1. The van der Waals surface area contributed by atoms with Crippen LogP contribution in [-0.2, 0) is 5.41 Å². The monoisotopic (exact) mass is 289 g/mol. The second-order valence-electron chi connectivity index (χ2n) is 5.81. The van der Waals surface area contributed by atoms with E-state index in [1.54, 1.807) is 17.5 Å². The molecule has 0 unspecified atom stereocenters. The van der Waals surface area contributed by atoms with Gasteiger partial charge in [0.05, 0.1) is 4.88 Å². The smallest absolute Gasteiger partial charge is 0.263 e. The first-order valence-electron chi connectivity index (χ1n) is 6.93. The summed E-state index contributed by atoms with van der Waals surface area (Å²) in [6, 6.07) is 4.02. The Morgan fingerprint density at radius 3 is 2.75 bits per heavy atom. The highest BCUT2D eigenvalue weighted by Gasteiger charge is 2.34. The summed E-state index contributed by atoms with van der Waals surface area (Å²) in [5.41, 5.74) is 2.45. The van der Waals surface area contributed by atoms with Gasteiger partial charge in [0.1, 0.15) is 0 Å². The minimum Gasteiger partial charge on any atom is -0.338 e. The molecule has 1 aliphatic heterocycles. The third-order valence-electron chi connectivity index (χ3n) is 4.25. The molecule has 3 heterocycles. The molecule has 0 aromatic carbocycles. The van der Waals surface area contributed by atoms with E-state index in [1.165, 1.54) is 5.69 Å². The second-order valence-corrected chi connectivity index (χ2v) is 6.72. The highest BCUT2D eigenvalue weighted by molar-refractivity contribution is 7.12. The van der Waals surface area contributed by atoms with Crippen LogP contribution < -0.4 is 0 Å². The van der Waals surface area contributed by atoms with Gasteiger partial charge >= 0.3 is 0 Å². The SMILES string of the molecule is Cc1csc(C(=O)N2CCC(C)(c3ccn[nH]3)CC2)c1. The summed E-state index contributed by atoms with van der Waals surface area (Å²) < 4.78 is 0. The summed E-state index contributed by atoms with van der Waals surface area (Å²) in [6.45, 7) is 5.90. The summed E-state index contributed by atoms with van der Waals surface area (Å²) in [4.78, 5) is 15.3. The zero-order valence-corrected chi connectivity index (χ0v) is 12.7. The number of amides is 1. The number of aromatic nitrogens is 2. The van der Waals surface area contributed by atoms with Crippen molar-refractivity contribution < 1.29 is 4.79 Å². The predicted molar refractivity (Wildman–Crippen MR) is 80.1 cm³/mol. The van der Waals surface area contributed by atoms with Crippen molar-refractivity contribution in [3.63, 3.8) is 0 Å². The minimum atomic E-state index is 0.110. The Bertz CT molecular complexity index is 594. The molecule has 0 aliphatic carbocycles. The van der Waals surface area contributed by atoms with Crippen molar-refractivity contribution in [1.82, 2.24) is 15.1 Å². The van der Waals surface area contributed by atoms with Crippen molar-refractivity contribution in [1.29, 1.82) is 0 Å². The van der Waals surface area contributed by atoms with Crippen LogP contribution in [0.25, 0.3) is 0 Å². The Kier molecular flexibility index (Phi) is 3.38. The van der Waals surface area contributed by atoms with Gasteiger partial charge < -0.3 is 4.90 Å². The number of likely N-dealkylation sites (tertiary alicyclic amines) is 1. The van der Waals surface area contributed by atoms with E-state index in [2.05, 4.69) is 17.1 Å². The van der Waals surface area contributed by atoms with Crippen LogP contribution in [0.15, 0.2) is 23.7 Å². The van der Waals surface area contributed by atoms with Gasteiger partial charge in [0.25, 0.3) is 5.91 Å². The van der Waals surface area contributed by atoms with Gasteiger partial charge in [-0.15, -0.1) is 11.3 Å². The van der Waals surface area contributed by atoms with E-state index in [0.717, 1.165) is 36.4 Å². The molecule has 2 aromatic heterocycles. The van der Waals surface area contributed by atoms with E-state index in [4.69, 9.17) is 0 Å². The van der Waals surface area contributed by atoms with Gasteiger partial charge in [-0.25, -0.2) is 0 Å². The first kappa shape index (κ1) is 13.4. The van der Waals surface area contributed by atoms with Crippen molar-refractivity contribution in [2.24, 2.45) is 0 Å². The van der Waals surface area contributed by atoms with Gasteiger partial charge in [-0.1, -0.05) is 6.92 Å². The normalized spacial score (nSPS) is 18.2. The van der Waals surface area contributed by atoms with Crippen LogP contribution in [0, 0.1) is 6.92 Å². The maximum absolute atomic E-state index is 12.4. The van der Waals surface area contributed by atoms with Crippen LogP contribution in [0.4, 0.5) is 0 Å². The van der Waals surface area contributed by atoms with E-state index in [-0.39, 0.29) is 11.3 Å². The Balaban J connectivity index is 1.68. The molecule has 1 saturated heterocycles. The van der Waals surface area contributed by atoms with Gasteiger partial charge in [-0.3, -0.25) is 9.89 Å². The number of hydrogen-bond acceptors (Lipinski definition) is 3. The lowest BCUT2D eigenvalue weighted by Crippen LogP contribution is -2.43. The summed E-state index contributed by atoms with van der Waals surface area (Å²) in [5, 5.41) is 9.15. The van der Waals surface area contributed by atoms with E-state index in [9.17, 15) is 4.79 Å². The number of H-pyrrole nitrogens is 1. The number of carbonyl (C=O) groups is 1. The van der Waals surface area contributed by atoms with Crippen LogP contribution >= 0.6 is 11.3 Å². The van der Waals surface area contributed by atoms with Crippen LogP contribution in [0.1, 0.15) is 40.7 Å². The molecule has 1 fully saturated rings. The fourth-order valence-corrected chi connectivity index (χ4v) is 3.63. The van der Waals surface area contributed by atoms with E-state index < -0.39 is 0 Å². The summed E-state index contributed by atoms with van der Waals surface area (Å²) in [5.74, 6) is 0.176. The van der Waals surface area contributed by atoms with Crippen molar-refractivity contribution in [2.45, 2.75) is 32.1 Å². The van der Waals surface area contributed by atoms with Gasteiger partial charge in [0.2, 0.25) is 0 Å². The number of thiophene rings is 1. The number of nitrogens with one attached hydrogen (secondary N) is 1. The molecule has 0 saturated carbocycles. The number of carbonyl (C=O) groups excluding carboxylic acids is 1. The third-order valence-corrected chi connectivity index (χ3v) is 5.28. The van der Waals surface area contributed by atoms with Gasteiger partial charge in [-0.2, -0.15) is 5.10 Å². The topological polar surface area (TPSA) is 49.0 Å². The molecule has 4 nitrogen and oxygen atoms in total. The molecule has 1 amide bonds. The minimum absolute atomic E-state index is 0.110. The molecule has 2 aromatic rings. The molecule has 20 heavy (non-hydrogen) atoms. The third kappa shape index (κ3) is 2.38. The Labute approximate surface area is 122 Å². The van der Waals surface area contributed by atoms with Crippen molar-refractivity contribution in [3.8, 4) is 0 Å². The van der Waals surface area contributed by atoms with E-state index in [0.29, 0.717) is 0 Å². The standard InChI is InChI=1S/C15H19N3OS/c1-11-9-12(20-10-11)14(19)18-7-4-15(2,5-8-18)13-3-6-16-17-13/h3,6,9-10H,4-5,7-8H2,1-2H3,(H,16,17). The van der Waals surface area contributed by atoms with Gasteiger partial charge in [0.15, 0.2) is 0 Å². The number of nitrogens with zero attached hydrogens (tertiary/aromatic N) is 2. The Hall–Kier alpha value is -1.62. The molecule has 0 spiro atoms. The largest absolute Gasteiger partial charge is 0.338 e. The molecule has 1 N–H and O–H groups in total. The first-order valence-corrected chi connectivity index (χ1v) is 7.81. The second kappa shape index (κ2) is 5.05. The molecule has 3 rings (SSSR count). The van der Waals surface area contributed by atoms with Crippen LogP contribution in [0.3, 0.4) is 0 Å². The molecule has 0 bridgehead atoms. The van der Waals surface area contributed by atoms with Crippen LogP contribution in [-0.4, -0.2) is 34.1 Å². The molecule has 0 radical (unpaired) electrons. The number of piperidine rings is 1. The lowest BCUT2D eigenvalue weighted by atomic mass is 9.77. The molecular formula is C15H19N3OS. The Morgan fingerprint density at radius 1 is 1.45 bits per heavy atom. The zero-order valence-electron chi connectivity index (χ0n) is 11.8. The van der Waals surface area contributed by atoms with Gasteiger partial charge in [-0.05, 0) is 42.8 Å². The highest BCUT2D eigenvalue weighted by Crippen LogP contribution is 2.34. The molecular weight excluding hydrogens is 270 g/mol. The lowest BCUT2D eigenvalue weighted by Gasteiger charge is -2.38. The maximum Gasteiger partial charge on any atom is 0.263 e. The average Bonchev–Trinajstić information content (AvgIpc) is 3.10. The van der Waals surface area contributed by atoms with E-state index >= 15 is 0 Å². The number of hydrogen-bond donors (Lipinski definition) is 1. The molecule has 5 heteroatoms. The fraction of sp³-hybridized carbons (Fsp3) is 0.467. The van der Waals surface area contributed by atoms with Crippen molar-refractivity contribution in [3.05, 3.63) is 39.8 Å². The quantitative estimate of drug-likeness (QED) is 0.924. The Morgan fingerprint density at radius 2 is 2.20 bits per heavy atom. The molecule has 1 aliphatic rings. The summed E-state index contributed by atoms with van der Waals surface area (Å²) in [7, 11) is 0. The maximum atomic E-state index is 12.4. The van der Waals surface area contributed by atoms with Crippen LogP contribution in [0.5, 0.6) is 0 Å². The average molecular weight is 289 g/mol. The van der Waals surface area contributed by atoms with Crippen molar-refractivity contribution in [2.75, 3.05) is 13.1 Å².